The van der Waals surface area contributed by atoms with Gasteiger partial charge in [0.1, 0.15) is 0 Å². The van der Waals surface area contributed by atoms with Crippen molar-refractivity contribution in [2.75, 3.05) is 30.3 Å². The topological polar surface area (TPSA) is 46.3 Å². The lowest BCUT2D eigenvalue weighted by Crippen LogP contribution is -2.38. The molecule has 2 rings (SSSR count). The Morgan fingerprint density at radius 1 is 1.38 bits per heavy atom. The molecule has 3 nitrogen and oxygen atoms in total. The third-order valence-electron chi connectivity index (χ3n) is 2.54. The van der Waals surface area contributed by atoms with Gasteiger partial charge in [-0.25, -0.2) is 0 Å². The Hall–Kier alpha value is -0.680. The summed E-state index contributed by atoms with van der Waals surface area (Å²) in [5.41, 5.74) is 6.97. The van der Waals surface area contributed by atoms with Crippen LogP contribution in [0, 0.1) is 0 Å². The van der Waals surface area contributed by atoms with Crippen molar-refractivity contribution in [2.45, 2.75) is 0 Å². The molecule has 0 spiro atoms. The first kappa shape index (κ1) is 11.8. The number of nitrogens with zero attached hydrogens (tertiary/aromatic N) is 1. The number of halogens is 1. The minimum atomic E-state index is 0.0408. The molecule has 1 aromatic carbocycles. The molecular weight excluding hydrogens is 288 g/mol. The highest BCUT2D eigenvalue weighted by atomic mass is 79.9. The average molecular weight is 301 g/mol. The fourth-order valence-corrected chi connectivity index (χ4v) is 2.91. The number of carbonyl (C=O) groups is 1. The number of thioether (sulfide) groups is 1. The van der Waals surface area contributed by atoms with E-state index in [1.165, 1.54) is 0 Å². The lowest BCUT2D eigenvalue weighted by atomic mass is 10.1. The van der Waals surface area contributed by atoms with Crippen LogP contribution in [0.4, 0.5) is 5.69 Å². The summed E-state index contributed by atoms with van der Waals surface area (Å²) in [6, 6.07) is 5.40. The second kappa shape index (κ2) is 5.10. The smallest absolute Gasteiger partial charge is 0.256 e. The Bertz CT molecular complexity index is 405. The predicted octanol–water partition coefficient (Wildman–Crippen LogP) is 2.22. The predicted molar refractivity (Wildman–Crippen MR) is 71.8 cm³/mol. The van der Waals surface area contributed by atoms with Crippen LogP contribution in [0.5, 0.6) is 0 Å². The Balaban J connectivity index is 2.22. The Kier molecular flexibility index (Phi) is 3.76. The molecule has 0 bridgehead atoms. The fraction of sp³-hybridized carbons (Fsp3) is 0.364. The zero-order valence-corrected chi connectivity index (χ0v) is 11.2. The molecule has 0 saturated carbocycles. The normalized spacial score (nSPS) is 16.2. The molecule has 1 heterocycles. The van der Waals surface area contributed by atoms with Gasteiger partial charge in [0.25, 0.3) is 5.91 Å². The number of benzene rings is 1. The van der Waals surface area contributed by atoms with E-state index in [-0.39, 0.29) is 5.91 Å². The first-order chi connectivity index (χ1) is 7.68. The number of anilines is 1. The number of hydrogen-bond donors (Lipinski definition) is 1. The Morgan fingerprint density at radius 2 is 2.06 bits per heavy atom. The van der Waals surface area contributed by atoms with Gasteiger partial charge in [-0.3, -0.25) is 4.79 Å². The van der Waals surface area contributed by atoms with Gasteiger partial charge in [-0.05, 0) is 18.2 Å². The van der Waals surface area contributed by atoms with Gasteiger partial charge < -0.3 is 10.6 Å². The van der Waals surface area contributed by atoms with Crippen molar-refractivity contribution in [3.8, 4) is 0 Å². The SMILES string of the molecule is Nc1ccc(Br)cc1C(=O)N1CCSCC1. The molecule has 1 saturated heterocycles. The molecule has 0 radical (unpaired) electrons. The van der Waals surface area contributed by atoms with Crippen LogP contribution in [0.15, 0.2) is 22.7 Å². The van der Waals surface area contributed by atoms with Crippen LogP contribution in [0.2, 0.25) is 0 Å². The summed E-state index contributed by atoms with van der Waals surface area (Å²) in [6.07, 6.45) is 0. The second-order valence-electron chi connectivity index (χ2n) is 3.64. The van der Waals surface area contributed by atoms with Gasteiger partial charge in [-0.2, -0.15) is 11.8 Å². The van der Waals surface area contributed by atoms with E-state index in [1.54, 1.807) is 12.1 Å². The van der Waals surface area contributed by atoms with Gasteiger partial charge in [0.15, 0.2) is 0 Å². The standard InChI is InChI=1S/C11H13BrN2OS/c12-8-1-2-10(13)9(7-8)11(15)14-3-5-16-6-4-14/h1-2,7H,3-6,13H2. The molecule has 5 heteroatoms. The molecule has 2 N–H and O–H groups in total. The number of carbonyl (C=O) groups excluding carboxylic acids is 1. The van der Waals surface area contributed by atoms with Crippen LogP contribution in [0.3, 0.4) is 0 Å². The third-order valence-corrected chi connectivity index (χ3v) is 3.98. The van der Waals surface area contributed by atoms with E-state index in [0.717, 1.165) is 29.1 Å². The molecule has 16 heavy (non-hydrogen) atoms. The largest absolute Gasteiger partial charge is 0.398 e. The molecule has 0 atom stereocenters. The van der Waals surface area contributed by atoms with Crippen LogP contribution >= 0.6 is 27.7 Å². The first-order valence-corrected chi connectivity index (χ1v) is 7.05. The average Bonchev–Trinajstić information content (AvgIpc) is 2.32. The highest BCUT2D eigenvalue weighted by Gasteiger charge is 2.20. The summed E-state index contributed by atoms with van der Waals surface area (Å²) < 4.78 is 0.886. The zero-order chi connectivity index (χ0) is 11.5. The maximum absolute atomic E-state index is 12.2. The molecule has 1 amide bonds. The number of hydrogen-bond acceptors (Lipinski definition) is 3. The van der Waals surface area contributed by atoms with E-state index in [4.69, 9.17) is 5.73 Å². The van der Waals surface area contributed by atoms with E-state index in [9.17, 15) is 4.79 Å². The van der Waals surface area contributed by atoms with Crippen LogP contribution in [0.25, 0.3) is 0 Å². The number of nitrogen functional groups attached to an aromatic ring is 1. The number of amides is 1. The number of nitrogens with two attached hydrogens (primary N) is 1. The second-order valence-corrected chi connectivity index (χ2v) is 5.78. The van der Waals surface area contributed by atoms with Crippen LogP contribution in [-0.4, -0.2) is 35.4 Å². The molecule has 0 aliphatic carbocycles. The van der Waals surface area contributed by atoms with Crippen molar-refractivity contribution in [1.29, 1.82) is 0 Å². The van der Waals surface area contributed by atoms with Crippen molar-refractivity contribution >= 4 is 39.3 Å². The molecular formula is C11H13BrN2OS. The van der Waals surface area contributed by atoms with E-state index >= 15 is 0 Å². The summed E-state index contributed by atoms with van der Waals surface area (Å²) in [5, 5.41) is 0. The molecule has 1 aromatic rings. The zero-order valence-electron chi connectivity index (χ0n) is 8.78. The van der Waals surface area contributed by atoms with Gasteiger partial charge >= 0.3 is 0 Å². The summed E-state index contributed by atoms with van der Waals surface area (Å²) in [7, 11) is 0. The number of rotatable bonds is 1. The highest BCUT2D eigenvalue weighted by Crippen LogP contribution is 2.21. The Morgan fingerprint density at radius 3 is 2.75 bits per heavy atom. The van der Waals surface area contributed by atoms with Gasteiger partial charge in [0.2, 0.25) is 0 Å². The van der Waals surface area contributed by atoms with Crippen molar-refractivity contribution < 1.29 is 4.79 Å². The van der Waals surface area contributed by atoms with Crippen molar-refractivity contribution in [3.05, 3.63) is 28.2 Å². The van der Waals surface area contributed by atoms with Crippen molar-refractivity contribution in [2.24, 2.45) is 0 Å². The lowest BCUT2D eigenvalue weighted by Gasteiger charge is -2.26. The van der Waals surface area contributed by atoms with Crippen LogP contribution < -0.4 is 5.73 Å². The fourth-order valence-electron chi connectivity index (χ4n) is 1.65. The van der Waals surface area contributed by atoms with Gasteiger partial charge in [0, 0.05) is 34.8 Å². The lowest BCUT2D eigenvalue weighted by molar-refractivity contribution is 0.0773. The minimum Gasteiger partial charge on any atom is -0.398 e. The monoisotopic (exact) mass is 300 g/mol. The molecule has 1 aliphatic rings. The summed E-state index contributed by atoms with van der Waals surface area (Å²) in [5.74, 6) is 2.07. The molecule has 1 aliphatic heterocycles. The molecule has 0 unspecified atom stereocenters. The van der Waals surface area contributed by atoms with Crippen molar-refractivity contribution in [1.82, 2.24) is 4.90 Å². The van der Waals surface area contributed by atoms with Crippen LogP contribution in [-0.2, 0) is 0 Å². The van der Waals surface area contributed by atoms with Gasteiger partial charge in [-0.1, -0.05) is 15.9 Å². The highest BCUT2D eigenvalue weighted by molar-refractivity contribution is 9.10. The molecule has 1 fully saturated rings. The van der Waals surface area contributed by atoms with Gasteiger partial charge in [-0.15, -0.1) is 0 Å². The van der Waals surface area contributed by atoms with Crippen LogP contribution in [0.1, 0.15) is 10.4 Å². The van der Waals surface area contributed by atoms with E-state index < -0.39 is 0 Å². The summed E-state index contributed by atoms with van der Waals surface area (Å²) >= 11 is 5.24. The van der Waals surface area contributed by atoms with E-state index in [2.05, 4.69) is 15.9 Å². The van der Waals surface area contributed by atoms with Gasteiger partial charge in [0.05, 0.1) is 5.56 Å². The maximum atomic E-state index is 12.2. The summed E-state index contributed by atoms with van der Waals surface area (Å²) in [4.78, 5) is 14.1. The maximum Gasteiger partial charge on any atom is 0.256 e. The first-order valence-electron chi connectivity index (χ1n) is 5.10. The Labute approximate surface area is 108 Å². The van der Waals surface area contributed by atoms with Crippen molar-refractivity contribution in [3.63, 3.8) is 0 Å². The quantitative estimate of drug-likeness (QED) is 0.809. The minimum absolute atomic E-state index is 0.0408. The van der Waals surface area contributed by atoms with E-state index in [0.29, 0.717) is 11.3 Å². The van der Waals surface area contributed by atoms with E-state index in [1.807, 2.05) is 22.7 Å². The third kappa shape index (κ3) is 2.52. The molecule has 86 valence electrons. The summed E-state index contributed by atoms with van der Waals surface area (Å²) in [6.45, 7) is 1.63. The molecule has 0 aromatic heterocycles.